The smallest absolute Gasteiger partial charge is 0.410 e. The number of nitrogens with zero attached hydrogens (tertiary/aromatic N) is 2. The van der Waals surface area contributed by atoms with Crippen LogP contribution in [-0.2, 0) is 17.0 Å². The molecular formula is C32H45F3N2O2Si. The van der Waals surface area contributed by atoms with Crippen molar-refractivity contribution in [1.29, 1.82) is 0 Å². The van der Waals surface area contributed by atoms with Gasteiger partial charge < -0.3 is 9.53 Å². The van der Waals surface area contributed by atoms with Gasteiger partial charge in [0.15, 0.2) is 8.32 Å². The van der Waals surface area contributed by atoms with E-state index in [1.807, 2.05) is 0 Å². The van der Waals surface area contributed by atoms with Crippen LogP contribution in [0.4, 0.5) is 13.2 Å². The van der Waals surface area contributed by atoms with Crippen LogP contribution < -0.4 is 0 Å². The average Bonchev–Trinajstić information content (AvgIpc) is 3.35. The molecule has 2 atom stereocenters. The molecule has 0 aromatic carbocycles. The fourth-order valence-electron chi connectivity index (χ4n) is 5.77. The van der Waals surface area contributed by atoms with E-state index in [-0.39, 0.29) is 28.2 Å². The summed E-state index contributed by atoms with van der Waals surface area (Å²) in [5.41, 5.74) is 5.01. The molecule has 4 nitrogen and oxygen atoms in total. The molecule has 0 fully saturated rings. The van der Waals surface area contributed by atoms with Crippen LogP contribution in [0, 0.1) is 5.41 Å². The lowest BCUT2D eigenvalue weighted by atomic mass is 9.71. The lowest BCUT2D eigenvalue weighted by molar-refractivity contribution is -0.137. The number of alkyl halides is 3. The summed E-state index contributed by atoms with van der Waals surface area (Å²) in [4.78, 5) is 9.32. The second-order valence-corrected chi connectivity index (χ2v) is 19.0. The predicted octanol–water partition coefficient (Wildman–Crippen LogP) is 9.30. The van der Waals surface area contributed by atoms with Crippen LogP contribution in [-0.4, -0.2) is 23.4 Å². The third kappa shape index (κ3) is 6.09. The van der Waals surface area contributed by atoms with Crippen molar-refractivity contribution in [2.24, 2.45) is 5.41 Å². The van der Waals surface area contributed by atoms with Gasteiger partial charge >= 0.3 is 6.18 Å². The minimum absolute atomic E-state index is 0.00468. The highest BCUT2D eigenvalue weighted by molar-refractivity contribution is 6.74. The molecule has 4 rings (SSSR count). The van der Waals surface area contributed by atoms with E-state index < -0.39 is 26.2 Å². The first-order valence-electron chi connectivity index (χ1n) is 14.5. The van der Waals surface area contributed by atoms with E-state index >= 15 is 0 Å². The van der Waals surface area contributed by atoms with Gasteiger partial charge in [-0.2, -0.15) is 13.2 Å². The van der Waals surface area contributed by atoms with E-state index in [4.69, 9.17) is 9.41 Å². The zero-order valence-corrected chi connectivity index (χ0v) is 26.5. The lowest BCUT2D eigenvalue weighted by Crippen LogP contribution is -2.44. The first-order valence-corrected chi connectivity index (χ1v) is 17.4. The van der Waals surface area contributed by atoms with Gasteiger partial charge in [0.2, 0.25) is 0 Å². The first-order chi connectivity index (χ1) is 18.3. The van der Waals surface area contributed by atoms with Gasteiger partial charge in [0.1, 0.15) is 6.10 Å². The van der Waals surface area contributed by atoms with Crippen molar-refractivity contribution in [2.75, 3.05) is 0 Å². The Morgan fingerprint density at radius 2 is 1.80 bits per heavy atom. The molecule has 0 spiro atoms. The highest BCUT2D eigenvalue weighted by atomic mass is 28.4. The summed E-state index contributed by atoms with van der Waals surface area (Å²) in [5.74, 6) is -0.00468. The Hall–Kier alpha value is -2.03. The van der Waals surface area contributed by atoms with Gasteiger partial charge in [-0.05, 0) is 84.8 Å². The van der Waals surface area contributed by atoms with Gasteiger partial charge in [-0.15, -0.1) is 0 Å². The number of allylic oxidation sites excluding steroid dienone is 2. The average molecular weight is 575 g/mol. The second-order valence-electron chi connectivity index (χ2n) is 14.2. The van der Waals surface area contributed by atoms with Gasteiger partial charge in [-0.3, -0.25) is 9.97 Å². The maximum absolute atomic E-state index is 13.3. The van der Waals surface area contributed by atoms with Crippen molar-refractivity contribution in [3.05, 3.63) is 63.7 Å². The van der Waals surface area contributed by atoms with E-state index in [1.165, 1.54) is 11.6 Å². The summed E-state index contributed by atoms with van der Waals surface area (Å²) in [6.07, 6.45) is 1.66. The number of hydrogen-bond donors (Lipinski definition) is 1. The van der Waals surface area contributed by atoms with E-state index in [2.05, 4.69) is 72.6 Å². The third-order valence-corrected chi connectivity index (χ3v) is 13.4. The zero-order valence-electron chi connectivity index (χ0n) is 25.5. The summed E-state index contributed by atoms with van der Waals surface area (Å²) in [6.45, 7) is 19.9. The molecule has 2 aromatic rings. The molecule has 2 aromatic heterocycles. The molecule has 220 valence electrons. The van der Waals surface area contributed by atoms with Crippen LogP contribution in [0.2, 0.25) is 18.1 Å². The minimum Gasteiger partial charge on any atom is -0.410 e. The SMILES string of the molecule is CC(C)c1nc2c(c(C3=CCCC3)c1[C@H](O)c1ccc(C(F)(F)F)cn1)C(O[Si](C)(C)C(C)(C)C)CC(C)(C)C2. The summed E-state index contributed by atoms with van der Waals surface area (Å²) < 4.78 is 46.9. The number of hydrogen-bond acceptors (Lipinski definition) is 4. The molecule has 0 aliphatic heterocycles. The lowest BCUT2D eigenvalue weighted by Gasteiger charge is -2.45. The fraction of sp³-hybridized carbons (Fsp3) is 0.625. The molecule has 1 N–H and O–H groups in total. The molecule has 40 heavy (non-hydrogen) atoms. The molecule has 2 aliphatic rings. The Bertz CT molecular complexity index is 1280. The summed E-state index contributed by atoms with van der Waals surface area (Å²) in [5, 5.41) is 11.9. The highest BCUT2D eigenvalue weighted by Crippen LogP contribution is 2.52. The zero-order chi connectivity index (χ0) is 29.8. The number of rotatable bonds is 6. The van der Waals surface area contributed by atoms with Gasteiger partial charge in [-0.1, -0.05) is 54.5 Å². The number of fused-ring (bicyclic) bond motifs is 1. The van der Waals surface area contributed by atoms with Gasteiger partial charge in [0.05, 0.1) is 23.1 Å². The Morgan fingerprint density at radius 1 is 1.12 bits per heavy atom. The van der Waals surface area contributed by atoms with Gasteiger partial charge in [-0.25, -0.2) is 0 Å². The minimum atomic E-state index is -4.49. The van der Waals surface area contributed by atoms with Crippen LogP contribution in [0.25, 0.3) is 5.57 Å². The van der Waals surface area contributed by atoms with Gasteiger partial charge in [0, 0.05) is 23.0 Å². The van der Waals surface area contributed by atoms with E-state index in [9.17, 15) is 18.3 Å². The molecule has 2 aliphatic carbocycles. The van der Waals surface area contributed by atoms with Crippen molar-refractivity contribution < 1.29 is 22.7 Å². The highest BCUT2D eigenvalue weighted by Gasteiger charge is 2.45. The van der Waals surface area contributed by atoms with Crippen molar-refractivity contribution in [3.8, 4) is 0 Å². The molecule has 0 amide bonds. The van der Waals surface area contributed by atoms with Crippen LogP contribution >= 0.6 is 0 Å². The predicted molar refractivity (Wildman–Crippen MR) is 157 cm³/mol. The molecule has 0 radical (unpaired) electrons. The Labute approximate surface area is 238 Å². The van der Waals surface area contributed by atoms with Crippen LogP contribution in [0.15, 0.2) is 24.4 Å². The van der Waals surface area contributed by atoms with Crippen molar-refractivity contribution in [1.82, 2.24) is 9.97 Å². The summed E-state index contributed by atoms with van der Waals surface area (Å²) in [7, 11) is -2.18. The monoisotopic (exact) mass is 574 g/mol. The topological polar surface area (TPSA) is 55.2 Å². The van der Waals surface area contributed by atoms with Crippen LogP contribution in [0.5, 0.6) is 0 Å². The first kappa shape index (κ1) is 30.9. The Morgan fingerprint density at radius 3 is 2.30 bits per heavy atom. The number of aliphatic hydroxyl groups is 1. The quantitative estimate of drug-likeness (QED) is 0.349. The molecule has 0 saturated heterocycles. The largest absolute Gasteiger partial charge is 0.417 e. The number of aliphatic hydroxyl groups excluding tert-OH is 1. The third-order valence-electron chi connectivity index (χ3n) is 8.91. The molecule has 8 heteroatoms. The number of pyridine rings is 2. The molecular weight excluding hydrogens is 529 g/mol. The molecule has 2 heterocycles. The summed E-state index contributed by atoms with van der Waals surface area (Å²) >= 11 is 0. The maximum Gasteiger partial charge on any atom is 0.417 e. The standard InChI is InChI=1S/C32H45F3N2O2Si/c1-19(2)28-27(29(38)22-15-14-21(18-36-22)32(33,34)35)25(20-12-10-11-13-20)26-23(37-28)16-31(6,7)17-24(26)39-40(8,9)30(3,4)5/h12,14-15,18-19,24,29,38H,10-11,13,16-17H2,1-9H3/t24?,29-/m1/s1. The molecule has 1 unspecified atom stereocenters. The summed E-state index contributed by atoms with van der Waals surface area (Å²) in [6, 6.07) is 2.28. The van der Waals surface area contributed by atoms with E-state index in [1.54, 1.807) is 0 Å². The number of aromatic nitrogens is 2. The van der Waals surface area contributed by atoms with Crippen molar-refractivity contribution >= 4 is 13.9 Å². The molecule has 0 saturated carbocycles. The van der Waals surface area contributed by atoms with Crippen molar-refractivity contribution in [3.63, 3.8) is 0 Å². The normalized spacial score (nSPS) is 20.4. The van der Waals surface area contributed by atoms with Crippen LogP contribution in [0.3, 0.4) is 0 Å². The van der Waals surface area contributed by atoms with Gasteiger partial charge in [0.25, 0.3) is 0 Å². The van der Waals surface area contributed by atoms with E-state index in [0.717, 1.165) is 66.9 Å². The maximum atomic E-state index is 13.3. The van der Waals surface area contributed by atoms with Crippen molar-refractivity contribution in [2.45, 2.75) is 123 Å². The second kappa shape index (κ2) is 10.7. The van der Waals surface area contributed by atoms with E-state index in [0.29, 0.717) is 5.56 Å². The molecule has 0 bridgehead atoms. The Balaban J connectivity index is 1.99. The van der Waals surface area contributed by atoms with Crippen LogP contribution in [0.1, 0.15) is 132 Å². The number of halogens is 3. The Kier molecular flexibility index (Phi) is 8.24. The fourth-order valence-corrected chi connectivity index (χ4v) is 7.04.